The monoisotopic (exact) mass is 418 g/mol. The molecule has 2 aliphatic rings. The summed E-state index contributed by atoms with van der Waals surface area (Å²) in [5, 5.41) is 43.2. The van der Waals surface area contributed by atoms with E-state index in [1.807, 2.05) is 0 Å². The summed E-state index contributed by atoms with van der Waals surface area (Å²) in [4.78, 5) is 10.9. The number of fused-ring (bicyclic) bond motifs is 1. The Kier molecular flexibility index (Phi) is 6.43. The van der Waals surface area contributed by atoms with E-state index < -0.39 is 31.1 Å². The van der Waals surface area contributed by atoms with Crippen molar-refractivity contribution in [2.24, 2.45) is 0 Å². The van der Waals surface area contributed by atoms with Crippen molar-refractivity contribution in [2.75, 3.05) is 51.3 Å². The number of ether oxygens (including phenoxy) is 2. The fourth-order valence-electron chi connectivity index (χ4n) is 3.94. The molecular formula is C19H26N6O5. The third kappa shape index (κ3) is 3.98. The number of rotatable bonds is 7. The van der Waals surface area contributed by atoms with Crippen LogP contribution in [-0.2, 0) is 9.47 Å². The molecule has 2 saturated heterocycles. The number of nitrogens with zero attached hydrogens (tertiary/aromatic N) is 5. The molecule has 4 N–H and O–H groups in total. The zero-order valence-corrected chi connectivity index (χ0v) is 16.5. The van der Waals surface area contributed by atoms with Crippen molar-refractivity contribution in [1.29, 1.82) is 5.26 Å². The van der Waals surface area contributed by atoms with Crippen LogP contribution in [0.25, 0.3) is 11.0 Å². The number of aromatic nitrogens is 3. The van der Waals surface area contributed by atoms with E-state index in [0.29, 0.717) is 29.0 Å². The molecule has 0 spiro atoms. The van der Waals surface area contributed by atoms with Gasteiger partial charge in [-0.1, -0.05) is 0 Å². The molecule has 0 aromatic carbocycles. The average molecular weight is 418 g/mol. The molecule has 4 atom stereocenters. The Morgan fingerprint density at radius 2 is 2.03 bits per heavy atom. The lowest BCUT2D eigenvalue weighted by Crippen LogP contribution is -2.37. The minimum atomic E-state index is -1.26. The van der Waals surface area contributed by atoms with Crippen LogP contribution in [0.2, 0.25) is 0 Å². The number of nitriles is 1. The van der Waals surface area contributed by atoms with Gasteiger partial charge in [0.1, 0.15) is 42.2 Å². The lowest BCUT2D eigenvalue weighted by atomic mass is 10.1. The molecule has 4 heterocycles. The van der Waals surface area contributed by atoms with Gasteiger partial charge in [-0.15, -0.1) is 0 Å². The van der Waals surface area contributed by atoms with Gasteiger partial charge < -0.3 is 34.7 Å². The second-order valence-corrected chi connectivity index (χ2v) is 7.45. The number of anilines is 1. The van der Waals surface area contributed by atoms with Crippen LogP contribution in [0.15, 0.2) is 12.5 Å². The predicted octanol–water partition coefficient (Wildman–Crippen LogP) is -0.951. The number of aliphatic hydroxyl groups excluding tert-OH is 3. The molecule has 4 rings (SSSR count). The fraction of sp³-hybridized carbons (Fsp3) is 0.632. The van der Waals surface area contributed by atoms with Gasteiger partial charge >= 0.3 is 0 Å². The largest absolute Gasteiger partial charge is 0.394 e. The van der Waals surface area contributed by atoms with E-state index in [9.17, 15) is 20.6 Å². The number of morpholine rings is 1. The smallest absolute Gasteiger partial charge is 0.164 e. The second-order valence-electron chi connectivity index (χ2n) is 7.45. The van der Waals surface area contributed by atoms with Crippen LogP contribution in [-0.4, -0.2) is 99.1 Å². The summed E-state index contributed by atoms with van der Waals surface area (Å²) >= 11 is 0. The summed E-state index contributed by atoms with van der Waals surface area (Å²) in [7, 11) is 0. The van der Waals surface area contributed by atoms with Crippen molar-refractivity contribution in [3.63, 3.8) is 0 Å². The Hall–Kier alpha value is -2.33. The SMILES string of the molecule is N#Cc1cn([C@@H]2O[C@H](CO)[C@@H](O)[C@H]2O)c2ncnc(NCCCN3CCOCC3)c12. The van der Waals surface area contributed by atoms with Crippen LogP contribution in [0, 0.1) is 11.3 Å². The first-order valence-corrected chi connectivity index (χ1v) is 10.1. The number of nitrogens with one attached hydrogen (secondary N) is 1. The number of hydrogen-bond donors (Lipinski definition) is 4. The third-order valence-electron chi connectivity index (χ3n) is 5.57. The summed E-state index contributed by atoms with van der Waals surface area (Å²) in [5.74, 6) is 0.532. The van der Waals surface area contributed by atoms with Crippen molar-refractivity contribution in [2.45, 2.75) is 31.0 Å². The molecule has 0 saturated carbocycles. The van der Waals surface area contributed by atoms with Gasteiger partial charge in [0, 0.05) is 25.8 Å². The molecule has 0 radical (unpaired) electrons. The second kappa shape index (κ2) is 9.22. The molecule has 30 heavy (non-hydrogen) atoms. The van der Waals surface area contributed by atoms with Crippen LogP contribution >= 0.6 is 0 Å². The zero-order valence-electron chi connectivity index (χ0n) is 16.5. The highest BCUT2D eigenvalue weighted by atomic mass is 16.6. The lowest BCUT2D eigenvalue weighted by molar-refractivity contribution is -0.0508. The van der Waals surface area contributed by atoms with Crippen molar-refractivity contribution in [3.05, 3.63) is 18.1 Å². The third-order valence-corrected chi connectivity index (χ3v) is 5.57. The maximum absolute atomic E-state index is 10.4. The minimum absolute atomic E-state index is 0.332. The summed E-state index contributed by atoms with van der Waals surface area (Å²) in [6, 6.07) is 2.14. The molecule has 162 valence electrons. The molecule has 2 aliphatic heterocycles. The predicted molar refractivity (Wildman–Crippen MR) is 106 cm³/mol. The molecule has 11 nitrogen and oxygen atoms in total. The minimum Gasteiger partial charge on any atom is -0.394 e. The topological polar surface area (TPSA) is 149 Å². The van der Waals surface area contributed by atoms with E-state index in [-0.39, 0.29) is 0 Å². The Labute approximate surface area is 173 Å². The first kappa shape index (κ1) is 20.9. The van der Waals surface area contributed by atoms with Gasteiger partial charge in [-0.3, -0.25) is 4.90 Å². The quantitative estimate of drug-likeness (QED) is 0.415. The Bertz CT molecular complexity index is 909. The highest BCUT2D eigenvalue weighted by Gasteiger charge is 2.44. The van der Waals surface area contributed by atoms with Crippen molar-refractivity contribution < 1.29 is 24.8 Å². The van der Waals surface area contributed by atoms with Crippen LogP contribution in [0.1, 0.15) is 18.2 Å². The van der Waals surface area contributed by atoms with Gasteiger partial charge in [0.2, 0.25) is 0 Å². The van der Waals surface area contributed by atoms with Gasteiger partial charge in [-0.25, -0.2) is 9.97 Å². The molecule has 11 heteroatoms. The van der Waals surface area contributed by atoms with E-state index in [0.717, 1.165) is 39.3 Å². The maximum Gasteiger partial charge on any atom is 0.164 e. The molecule has 2 aromatic rings. The first-order chi connectivity index (χ1) is 14.6. The normalized spacial score (nSPS) is 27.4. The van der Waals surface area contributed by atoms with E-state index in [4.69, 9.17) is 9.47 Å². The van der Waals surface area contributed by atoms with Gasteiger partial charge in [0.15, 0.2) is 6.23 Å². The average Bonchev–Trinajstić information content (AvgIpc) is 3.29. The molecular weight excluding hydrogens is 392 g/mol. The standard InChI is InChI=1S/C19H26N6O5/c20-8-12-9-25(19-16(28)15(27)13(10-26)30-19)18-14(12)17(22-11-23-18)21-2-1-3-24-4-6-29-7-5-24/h9,11,13,15-16,19,26-28H,1-7,10H2,(H,21,22,23)/t13-,15-,16-,19-/m1/s1. The van der Waals surface area contributed by atoms with E-state index in [1.54, 1.807) is 0 Å². The van der Waals surface area contributed by atoms with Gasteiger partial charge in [0.25, 0.3) is 0 Å². The van der Waals surface area contributed by atoms with Crippen LogP contribution < -0.4 is 5.32 Å². The van der Waals surface area contributed by atoms with Crippen molar-refractivity contribution in [3.8, 4) is 6.07 Å². The van der Waals surface area contributed by atoms with Gasteiger partial charge in [-0.05, 0) is 13.0 Å². The molecule has 0 amide bonds. The summed E-state index contributed by atoms with van der Waals surface area (Å²) < 4.78 is 12.5. The van der Waals surface area contributed by atoms with Crippen molar-refractivity contribution in [1.82, 2.24) is 19.4 Å². The zero-order chi connectivity index (χ0) is 21.1. The van der Waals surface area contributed by atoms with E-state index >= 15 is 0 Å². The van der Waals surface area contributed by atoms with Crippen molar-refractivity contribution >= 4 is 16.9 Å². The summed E-state index contributed by atoms with van der Waals surface area (Å²) in [6.07, 6.45) is -0.558. The van der Waals surface area contributed by atoms with Gasteiger partial charge in [0.05, 0.1) is 30.8 Å². The highest BCUT2D eigenvalue weighted by Crippen LogP contribution is 2.34. The van der Waals surface area contributed by atoms with Crippen LogP contribution in [0.4, 0.5) is 5.82 Å². The highest BCUT2D eigenvalue weighted by molar-refractivity contribution is 5.93. The Morgan fingerprint density at radius 3 is 2.73 bits per heavy atom. The summed E-state index contributed by atoms with van der Waals surface area (Å²) in [5.41, 5.74) is 0.742. The van der Waals surface area contributed by atoms with Gasteiger partial charge in [-0.2, -0.15) is 5.26 Å². The molecule has 0 bridgehead atoms. The van der Waals surface area contributed by atoms with Crippen LogP contribution in [0.3, 0.4) is 0 Å². The van der Waals surface area contributed by atoms with E-state index in [2.05, 4.69) is 26.3 Å². The van der Waals surface area contributed by atoms with Crippen LogP contribution in [0.5, 0.6) is 0 Å². The first-order valence-electron chi connectivity index (χ1n) is 10.1. The molecule has 0 unspecified atom stereocenters. The Balaban J connectivity index is 1.52. The Morgan fingerprint density at radius 1 is 1.23 bits per heavy atom. The lowest BCUT2D eigenvalue weighted by Gasteiger charge is -2.26. The number of hydrogen-bond acceptors (Lipinski definition) is 10. The van der Waals surface area contributed by atoms with E-state index in [1.165, 1.54) is 17.1 Å². The fourth-order valence-corrected chi connectivity index (χ4v) is 3.94. The number of aliphatic hydroxyl groups is 3. The summed E-state index contributed by atoms with van der Waals surface area (Å²) in [6.45, 7) is 4.59. The molecule has 0 aliphatic carbocycles. The molecule has 2 aromatic heterocycles. The maximum atomic E-state index is 10.4. The molecule has 2 fully saturated rings.